The van der Waals surface area contributed by atoms with E-state index in [1.807, 2.05) is 39.0 Å². The molecule has 2 N–H and O–H groups in total. The zero-order valence-corrected chi connectivity index (χ0v) is 13.9. The highest BCUT2D eigenvalue weighted by atomic mass is 79.9. The molecule has 0 aliphatic rings. The van der Waals surface area contributed by atoms with Crippen LogP contribution in [0.1, 0.15) is 28.5 Å². The summed E-state index contributed by atoms with van der Waals surface area (Å²) in [5.74, 6) is -0.220. The van der Waals surface area contributed by atoms with E-state index in [9.17, 15) is 4.79 Å². The van der Waals surface area contributed by atoms with Crippen LogP contribution < -0.4 is 10.6 Å². The van der Waals surface area contributed by atoms with Crippen LogP contribution in [0, 0.1) is 13.8 Å². The SMILES string of the molecule is CCNc1ccnc(C(=O)Nc2c(C)cc(C)cc2Br)c1. The van der Waals surface area contributed by atoms with E-state index in [0.29, 0.717) is 5.69 Å². The molecule has 1 heterocycles. The topological polar surface area (TPSA) is 54.0 Å². The number of hydrogen-bond acceptors (Lipinski definition) is 3. The first-order chi connectivity index (χ1) is 10.0. The summed E-state index contributed by atoms with van der Waals surface area (Å²) in [5, 5.41) is 6.08. The fourth-order valence-corrected chi connectivity index (χ4v) is 2.89. The minimum absolute atomic E-state index is 0.220. The third-order valence-electron chi connectivity index (χ3n) is 3.04. The van der Waals surface area contributed by atoms with Crippen molar-refractivity contribution >= 4 is 33.2 Å². The van der Waals surface area contributed by atoms with Crippen molar-refractivity contribution in [3.63, 3.8) is 0 Å². The van der Waals surface area contributed by atoms with Gasteiger partial charge in [-0.05, 0) is 66.0 Å². The molecule has 0 fully saturated rings. The molecule has 5 heteroatoms. The minimum atomic E-state index is -0.220. The largest absolute Gasteiger partial charge is 0.385 e. The highest BCUT2D eigenvalue weighted by Gasteiger charge is 2.12. The van der Waals surface area contributed by atoms with Crippen LogP contribution in [0.4, 0.5) is 11.4 Å². The Hall–Kier alpha value is -1.88. The van der Waals surface area contributed by atoms with Gasteiger partial charge >= 0.3 is 0 Å². The van der Waals surface area contributed by atoms with Gasteiger partial charge in [0.1, 0.15) is 5.69 Å². The molecule has 1 aromatic carbocycles. The second-order valence-corrected chi connectivity index (χ2v) is 5.71. The molecule has 110 valence electrons. The van der Waals surface area contributed by atoms with Crippen molar-refractivity contribution in [2.75, 3.05) is 17.2 Å². The van der Waals surface area contributed by atoms with Crippen molar-refractivity contribution in [3.8, 4) is 0 Å². The average Bonchev–Trinajstić information content (AvgIpc) is 2.43. The van der Waals surface area contributed by atoms with Gasteiger partial charge < -0.3 is 10.6 Å². The van der Waals surface area contributed by atoms with E-state index in [1.165, 1.54) is 0 Å². The molecule has 1 amide bonds. The number of halogens is 1. The number of aryl methyl sites for hydroxylation is 2. The van der Waals surface area contributed by atoms with Crippen LogP contribution in [0.25, 0.3) is 0 Å². The van der Waals surface area contributed by atoms with Crippen molar-refractivity contribution in [3.05, 3.63) is 51.8 Å². The summed E-state index contributed by atoms with van der Waals surface area (Å²) in [6.07, 6.45) is 1.63. The fourth-order valence-electron chi connectivity index (χ4n) is 2.12. The summed E-state index contributed by atoms with van der Waals surface area (Å²) in [6.45, 7) is 6.79. The van der Waals surface area contributed by atoms with E-state index in [0.717, 1.165) is 33.5 Å². The highest BCUT2D eigenvalue weighted by molar-refractivity contribution is 9.10. The molecule has 0 aliphatic carbocycles. The van der Waals surface area contributed by atoms with Crippen LogP contribution >= 0.6 is 15.9 Å². The predicted octanol–water partition coefficient (Wildman–Crippen LogP) is 4.15. The van der Waals surface area contributed by atoms with Crippen LogP contribution in [0.2, 0.25) is 0 Å². The number of aromatic nitrogens is 1. The van der Waals surface area contributed by atoms with Crippen molar-refractivity contribution in [1.82, 2.24) is 4.98 Å². The second kappa shape index (κ2) is 6.72. The fraction of sp³-hybridized carbons (Fsp3) is 0.250. The third kappa shape index (κ3) is 3.82. The van der Waals surface area contributed by atoms with Gasteiger partial charge in [0.25, 0.3) is 5.91 Å². The summed E-state index contributed by atoms with van der Waals surface area (Å²) in [6, 6.07) is 7.59. The molecule has 0 bridgehead atoms. The Kier molecular flexibility index (Phi) is 4.96. The Morgan fingerprint density at radius 3 is 2.71 bits per heavy atom. The normalized spacial score (nSPS) is 10.3. The maximum Gasteiger partial charge on any atom is 0.274 e. The Morgan fingerprint density at radius 2 is 2.05 bits per heavy atom. The van der Waals surface area contributed by atoms with Crippen molar-refractivity contribution in [2.45, 2.75) is 20.8 Å². The lowest BCUT2D eigenvalue weighted by molar-refractivity contribution is 0.102. The monoisotopic (exact) mass is 347 g/mol. The maximum atomic E-state index is 12.3. The van der Waals surface area contributed by atoms with Gasteiger partial charge in [0, 0.05) is 22.9 Å². The second-order valence-electron chi connectivity index (χ2n) is 4.85. The number of hydrogen-bond donors (Lipinski definition) is 2. The molecule has 0 atom stereocenters. The molecule has 2 aromatic rings. The third-order valence-corrected chi connectivity index (χ3v) is 3.67. The Labute approximate surface area is 133 Å². The lowest BCUT2D eigenvalue weighted by Crippen LogP contribution is -2.15. The molecule has 21 heavy (non-hydrogen) atoms. The number of benzene rings is 1. The van der Waals surface area contributed by atoms with Crippen molar-refractivity contribution in [2.24, 2.45) is 0 Å². The number of carbonyl (C=O) groups excluding carboxylic acids is 1. The quantitative estimate of drug-likeness (QED) is 0.873. The number of nitrogens with zero attached hydrogens (tertiary/aromatic N) is 1. The summed E-state index contributed by atoms with van der Waals surface area (Å²) in [5.41, 5.74) is 4.21. The van der Waals surface area contributed by atoms with Gasteiger partial charge in [0.05, 0.1) is 5.69 Å². The smallest absolute Gasteiger partial charge is 0.274 e. The summed E-state index contributed by atoms with van der Waals surface area (Å²) < 4.78 is 0.871. The van der Waals surface area contributed by atoms with E-state index >= 15 is 0 Å². The Morgan fingerprint density at radius 1 is 1.29 bits per heavy atom. The van der Waals surface area contributed by atoms with Crippen LogP contribution in [-0.4, -0.2) is 17.4 Å². The van der Waals surface area contributed by atoms with Crippen LogP contribution in [0.15, 0.2) is 34.9 Å². The summed E-state index contributed by atoms with van der Waals surface area (Å²) in [4.78, 5) is 16.5. The molecular formula is C16H18BrN3O. The predicted molar refractivity (Wildman–Crippen MR) is 90.0 cm³/mol. The lowest BCUT2D eigenvalue weighted by atomic mass is 10.1. The summed E-state index contributed by atoms with van der Waals surface area (Å²) >= 11 is 3.49. The van der Waals surface area contributed by atoms with Crippen LogP contribution in [0.3, 0.4) is 0 Å². The van der Waals surface area contributed by atoms with Gasteiger partial charge in [-0.2, -0.15) is 0 Å². The molecule has 0 saturated heterocycles. The first-order valence-electron chi connectivity index (χ1n) is 6.79. The summed E-state index contributed by atoms with van der Waals surface area (Å²) in [7, 11) is 0. The van der Waals surface area contributed by atoms with Gasteiger partial charge in [-0.3, -0.25) is 9.78 Å². The highest BCUT2D eigenvalue weighted by Crippen LogP contribution is 2.28. The van der Waals surface area contributed by atoms with Crippen molar-refractivity contribution < 1.29 is 4.79 Å². The van der Waals surface area contributed by atoms with Gasteiger partial charge in [-0.15, -0.1) is 0 Å². The van der Waals surface area contributed by atoms with Crippen molar-refractivity contribution in [1.29, 1.82) is 0 Å². The number of rotatable bonds is 4. The molecule has 2 rings (SSSR count). The number of carbonyl (C=O) groups is 1. The van der Waals surface area contributed by atoms with E-state index in [1.54, 1.807) is 12.3 Å². The van der Waals surface area contributed by atoms with Gasteiger partial charge in [-0.1, -0.05) is 6.07 Å². The van der Waals surface area contributed by atoms with Gasteiger partial charge in [-0.25, -0.2) is 0 Å². The molecule has 0 spiro atoms. The van der Waals surface area contributed by atoms with E-state index in [2.05, 4.69) is 31.5 Å². The zero-order valence-electron chi connectivity index (χ0n) is 12.3. The van der Waals surface area contributed by atoms with E-state index in [-0.39, 0.29) is 5.91 Å². The standard InChI is InChI=1S/C16H18BrN3O/c1-4-18-12-5-6-19-14(9-12)16(21)20-15-11(3)7-10(2)8-13(15)17/h5-9H,4H2,1-3H3,(H,18,19)(H,20,21). The number of nitrogens with one attached hydrogen (secondary N) is 2. The molecule has 4 nitrogen and oxygen atoms in total. The average molecular weight is 348 g/mol. The number of amides is 1. The first-order valence-corrected chi connectivity index (χ1v) is 7.58. The van der Waals surface area contributed by atoms with Crippen LogP contribution in [0.5, 0.6) is 0 Å². The molecule has 0 saturated carbocycles. The molecule has 0 radical (unpaired) electrons. The lowest BCUT2D eigenvalue weighted by Gasteiger charge is -2.12. The number of pyridine rings is 1. The molecule has 0 unspecified atom stereocenters. The van der Waals surface area contributed by atoms with Gasteiger partial charge in [0.2, 0.25) is 0 Å². The van der Waals surface area contributed by atoms with Gasteiger partial charge in [0.15, 0.2) is 0 Å². The van der Waals surface area contributed by atoms with Crippen LogP contribution in [-0.2, 0) is 0 Å². The number of anilines is 2. The first kappa shape index (κ1) is 15.5. The zero-order chi connectivity index (χ0) is 15.4. The Balaban J connectivity index is 2.24. The Bertz CT molecular complexity index is 647. The molecule has 0 aliphatic heterocycles. The molecule has 1 aromatic heterocycles. The molecular weight excluding hydrogens is 330 g/mol. The minimum Gasteiger partial charge on any atom is -0.385 e. The maximum absolute atomic E-state index is 12.3. The van der Waals surface area contributed by atoms with E-state index in [4.69, 9.17) is 0 Å². The van der Waals surface area contributed by atoms with E-state index < -0.39 is 0 Å².